The highest BCUT2D eigenvalue weighted by atomic mass is 15.4. The molecule has 19 heavy (non-hydrogen) atoms. The van der Waals surface area contributed by atoms with Crippen molar-refractivity contribution >= 4 is 0 Å². The first kappa shape index (κ1) is 12.4. The van der Waals surface area contributed by atoms with E-state index in [1.54, 1.807) is 0 Å². The van der Waals surface area contributed by atoms with Crippen LogP contribution in [-0.2, 0) is 0 Å². The lowest BCUT2D eigenvalue weighted by Crippen LogP contribution is -2.16. The summed E-state index contributed by atoms with van der Waals surface area (Å²) in [5.41, 5.74) is 2.12. The molecule has 1 aliphatic carbocycles. The van der Waals surface area contributed by atoms with Crippen LogP contribution in [0.15, 0.2) is 36.5 Å². The number of benzene rings is 1. The second kappa shape index (κ2) is 5.16. The van der Waals surface area contributed by atoms with Crippen LogP contribution in [0, 0.1) is 11.8 Å². The summed E-state index contributed by atoms with van der Waals surface area (Å²) in [5.74, 6) is 1.52. The first-order valence-corrected chi connectivity index (χ1v) is 7.21. The van der Waals surface area contributed by atoms with Crippen molar-refractivity contribution in [3.63, 3.8) is 0 Å². The number of aromatic nitrogens is 3. The standard InChI is InChI=1S/C16H21N3/c1-12(2)16(10-13-8-9-13)19-11-15(17-18-19)14-6-4-3-5-7-14/h3-7,11-13,16H,8-10H2,1-2H3. The minimum atomic E-state index is 0.484. The van der Waals surface area contributed by atoms with Crippen molar-refractivity contribution in [1.82, 2.24) is 15.0 Å². The van der Waals surface area contributed by atoms with Gasteiger partial charge in [0.15, 0.2) is 0 Å². The Morgan fingerprint density at radius 1 is 1.21 bits per heavy atom. The third kappa shape index (κ3) is 2.86. The molecule has 0 bridgehead atoms. The van der Waals surface area contributed by atoms with Gasteiger partial charge >= 0.3 is 0 Å². The lowest BCUT2D eigenvalue weighted by molar-refractivity contribution is 0.307. The van der Waals surface area contributed by atoms with Crippen LogP contribution < -0.4 is 0 Å². The fourth-order valence-corrected chi connectivity index (χ4v) is 2.56. The van der Waals surface area contributed by atoms with Crippen LogP contribution in [0.1, 0.15) is 39.2 Å². The molecule has 1 aromatic carbocycles. The van der Waals surface area contributed by atoms with Crippen molar-refractivity contribution in [3.05, 3.63) is 36.5 Å². The Hall–Kier alpha value is -1.64. The van der Waals surface area contributed by atoms with Crippen molar-refractivity contribution in [1.29, 1.82) is 0 Å². The summed E-state index contributed by atoms with van der Waals surface area (Å²) >= 11 is 0. The highest BCUT2D eigenvalue weighted by Gasteiger charge is 2.28. The second-order valence-electron chi connectivity index (χ2n) is 5.94. The molecule has 0 saturated heterocycles. The van der Waals surface area contributed by atoms with Gasteiger partial charge in [-0.2, -0.15) is 0 Å². The normalized spacial score (nSPS) is 16.8. The first-order chi connectivity index (χ1) is 9.24. The fourth-order valence-electron chi connectivity index (χ4n) is 2.56. The number of hydrogen-bond acceptors (Lipinski definition) is 2. The summed E-state index contributed by atoms with van der Waals surface area (Å²) in [6, 6.07) is 10.8. The van der Waals surface area contributed by atoms with Gasteiger partial charge in [0.05, 0.1) is 12.2 Å². The molecule has 1 aromatic heterocycles. The van der Waals surface area contributed by atoms with Gasteiger partial charge in [-0.15, -0.1) is 5.10 Å². The van der Waals surface area contributed by atoms with Gasteiger partial charge in [-0.05, 0) is 18.3 Å². The SMILES string of the molecule is CC(C)C(CC1CC1)n1cc(-c2ccccc2)nn1. The Labute approximate surface area is 114 Å². The minimum Gasteiger partial charge on any atom is -0.249 e. The molecule has 0 N–H and O–H groups in total. The Kier molecular flexibility index (Phi) is 3.36. The van der Waals surface area contributed by atoms with Gasteiger partial charge in [0.25, 0.3) is 0 Å². The first-order valence-electron chi connectivity index (χ1n) is 7.21. The molecular weight excluding hydrogens is 234 g/mol. The predicted molar refractivity (Wildman–Crippen MR) is 76.7 cm³/mol. The van der Waals surface area contributed by atoms with E-state index in [-0.39, 0.29) is 0 Å². The van der Waals surface area contributed by atoms with Crippen molar-refractivity contribution < 1.29 is 0 Å². The van der Waals surface area contributed by atoms with E-state index in [1.807, 2.05) is 18.2 Å². The highest BCUT2D eigenvalue weighted by Crippen LogP contribution is 2.39. The van der Waals surface area contributed by atoms with Gasteiger partial charge in [-0.3, -0.25) is 0 Å². The largest absolute Gasteiger partial charge is 0.249 e. The van der Waals surface area contributed by atoms with Crippen LogP contribution in [0.5, 0.6) is 0 Å². The maximum absolute atomic E-state index is 4.36. The second-order valence-corrected chi connectivity index (χ2v) is 5.94. The molecule has 1 unspecified atom stereocenters. The summed E-state index contributed by atoms with van der Waals surface area (Å²) in [5, 5.41) is 8.69. The van der Waals surface area contributed by atoms with Crippen LogP contribution in [0.4, 0.5) is 0 Å². The van der Waals surface area contributed by atoms with E-state index in [4.69, 9.17) is 0 Å². The minimum absolute atomic E-state index is 0.484. The summed E-state index contributed by atoms with van der Waals surface area (Å²) in [6.45, 7) is 4.55. The molecule has 1 atom stereocenters. The Morgan fingerprint density at radius 2 is 1.95 bits per heavy atom. The molecule has 0 spiro atoms. The number of rotatable bonds is 5. The zero-order valence-corrected chi connectivity index (χ0v) is 11.7. The molecule has 1 aliphatic rings. The van der Waals surface area contributed by atoms with Crippen LogP contribution in [-0.4, -0.2) is 15.0 Å². The maximum atomic E-state index is 4.36. The van der Waals surface area contributed by atoms with Gasteiger partial charge in [0.2, 0.25) is 0 Å². The van der Waals surface area contributed by atoms with Crippen molar-refractivity contribution in [2.24, 2.45) is 11.8 Å². The number of nitrogens with zero attached hydrogens (tertiary/aromatic N) is 3. The van der Waals surface area contributed by atoms with E-state index in [2.05, 4.69) is 47.2 Å². The molecule has 1 heterocycles. The van der Waals surface area contributed by atoms with E-state index in [1.165, 1.54) is 19.3 Å². The molecule has 0 amide bonds. The van der Waals surface area contributed by atoms with Crippen molar-refractivity contribution in [2.75, 3.05) is 0 Å². The molecular formula is C16H21N3. The third-order valence-corrected chi connectivity index (χ3v) is 3.96. The zero-order chi connectivity index (χ0) is 13.2. The van der Waals surface area contributed by atoms with Crippen LogP contribution in [0.2, 0.25) is 0 Å². The van der Waals surface area contributed by atoms with Gasteiger partial charge in [0, 0.05) is 5.56 Å². The van der Waals surface area contributed by atoms with Crippen LogP contribution >= 0.6 is 0 Å². The summed E-state index contributed by atoms with van der Waals surface area (Å²) in [6.07, 6.45) is 6.13. The highest BCUT2D eigenvalue weighted by molar-refractivity contribution is 5.57. The van der Waals surface area contributed by atoms with Gasteiger partial charge in [-0.25, -0.2) is 4.68 Å². The number of hydrogen-bond donors (Lipinski definition) is 0. The quantitative estimate of drug-likeness (QED) is 0.810. The monoisotopic (exact) mass is 255 g/mol. The van der Waals surface area contributed by atoms with Crippen LogP contribution in [0.25, 0.3) is 11.3 Å². The molecule has 0 radical (unpaired) electrons. The topological polar surface area (TPSA) is 30.7 Å². The summed E-state index contributed by atoms with van der Waals surface area (Å²) < 4.78 is 2.07. The molecule has 3 heteroatoms. The Balaban J connectivity index is 1.82. The van der Waals surface area contributed by atoms with E-state index in [0.29, 0.717) is 12.0 Å². The van der Waals surface area contributed by atoms with Gasteiger partial charge in [0.1, 0.15) is 5.69 Å². The Morgan fingerprint density at radius 3 is 2.58 bits per heavy atom. The molecule has 100 valence electrons. The molecule has 3 rings (SSSR count). The smallest absolute Gasteiger partial charge is 0.113 e. The lowest BCUT2D eigenvalue weighted by atomic mass is 9.98. The predicted octanol–water partition coefficient (Wildman–Crippen LogP) is 3.94. The molecule has 1 fully saturated rings. The van der Waals surface area contributed by atoms with Gasteiger partial charge in [-0.1, -0.05) is 62.2 Å². The van der Waals surface area contributed by atoms with Crippen molar-refractivity contribution in [3.8, 4) is 11.3 Å². The third-order valence-electron chi connectivity index (χ3n) is 3.96. The van der Waals surface area contributed by atoms with E-state index in [9.17, 15) is 0 Å². The lowest BCUT2D eigenvalue weighted by Gasteiger charge is -2.20. The summed E-state index contributed by atoms with van der Waals surface area (Å²) in [7, 11) is 0. The van der Waals surface area contributed by atoms with Crippen LogP contribution in [0.3, 0.4) is 0 Å². The Bertz CT molecular complexity index is 526. The summed E-state index contributed by atoms with van der Waals surface area (Å²) in [4.78, 5) is 0. The zero-order valence-electron chi connectivity index (χ0n) is 11.7. The van der Waals surface area contributed by atoms with Gasteiger partial charge < -0.3 is 0 Å². The molecule has 2 aromatic rings. The maximum Gasteiger partial charge on any atom is 0.113 e. The fraction of sp³-hybridized carbons (Fsp3) is 0.500. The molecule has 3 nitrogen and oxygen atoms in total. The average Bonchev–Trinajstić information content (AvgIpc) is 3.12. The van der Waals surface area contributed by atoms with Crippen molar-refractivity contribution in [2.45, 2.75) is 39.2 Å². The molecule has 0 aliphatic heterocycles. The molecule has 1 saturated carbocycles. The van der Waals surface area contributed by atoms with E-state index in [0.717, 1.165) is 17.2 Å². The van der Waals surface area contributed by atoms with E-state index >= 15 is 0 Å². The average molecular weight is 255 g/mol. The van der Waals surface area contributed by atoms with E-state index < -0.39 is 0 Å².